The standard InChI is InChI=1S/C19H20O5/c1-3-4-9-14-10-5-7-12-16(14)23-19(21)24-17-13-8-6-11-15(17)18(20)22-2/h5-8,10-13H,3-4,9H2,1-2H3. The number of esters is 1. The summed E-state index contributed by atoms with van der Waals surface area (Å²) in [6.07, 6.45) is 1.97. The number of para-hydroxylation sites is 2. The van der Waals surface area contributed by atoms with Crippen molar-refractivity contribution in [3.8, 4) is 11.5 Å². The SMILES string of the molecule is CCCCc1ccccc1OC(=O)Oc1ccccc1C(=O)OC. The molecule has 0 fully saturated rings. The lowest BCUT2D eigenvalue weighted by Crippen LogP contribution is -2.16. The number of rotatable bonds is 6. The monoisotopic (exact) mass is 328 g/mol. The number of benzene rings is 2. The van der Waals surface area contributed by atoms with Gasteiger partial charge in [0.2, 0.25) is 0 Å². The van der Waals surface area contributed by atoms with Crippen LogP contribution in [0.4, 0.5) is 4.79 Å². The van der Waals surface area contributed by atoms with Crippen LogP contribution < -0.4 is 9.47 Å². The van der Waals surface area contributed by atoms with Crippen molar-refractivity contribution in [2.45, 2.75) is 26.2 Å². The molecular formula is C19H20O5. The molecule has 0 aliphatic rings. The minimum absolute atomic E-state index is 0.0976. The lowest BCUT2D eigenvalue weighted by molar-refractivity contribution is 0.0597. The molecule has 0 bridgehead atoms. The Bertz CT molecular complexity index is 708. The number of carbonyl (C=O) groups excluding carboxylic acids is 2. The number of methoxy groups -OCH3 is 1. The average molecular weight is 328 g/mol. The van der Waals surface area contributed by atoms with Crippen molar-refractivity contribution in [3.63, 3.8) is 0 Å². The van der Waals surface area contributed by atoms with Crippen molar-refractivity contribution in [1.82, 2.24) is 0 Å². The van der Waals surface area contributed by atoms with Gasteiger partial charge in [0, 0.05) is 0 Å². The summed E-state index contributed by atoms with van der Waals surface area (Å²) in [5.41, 5.74) is 1.11. The lowest BCUT2D eigenvalue weighted by Gasteiger charge is -2.11. The zero-order valence-corrected chi connectivity index (χ0v) is 13.8. The van der Waals surface area contributed by atoms with E-state index >= 15 is 0 Å². The maximum absolute atomic E-state index is 12.1. The average Bonchev–Trinajstić information content (AvgIpc) is 2.60. The fourth-order valence-corrected chi connectivity index (χ4v) is 2.21. The van der Waals surface area contributed by atoms with Crippen molar-refractivity contribution in [3.05, 3.63) is 59.7 Å². The summed E-state index contributed by atoms with van der Waals surface area (Å²) in [6, 6.07) is 13.7. The summed E-state index contributed by atoms with van der Waals surface area (Å²) in [5, 5.41) is 0. The second-order valence-electron chi connectivity index (χ2n) is 5.15. The van der Waals surface area contributed by atoms with Crippen molar-refractivity contribution >= 4 is 12.1 Å². The molecule has 5 nitrogen and oxygen atoms in total. The van der Waals surface area contributed by atoms with Crippen LogP contribution in [0.25, 0.3) is 0 Å². The Morgan fingerprint density at radius 3 is 2.25 bits per heavy atom. The molecule has 0 N–H and O–H groups in total. The van der Waals surface area contributed by atoms with Gasteiger partial charge in [-0.3, -0.25) is 0 Å². The van der Waals surface area contributed by atoms with E-state index in [1.165, 1.54) is 19.2 Å². The Hall–Kier alpha value is -2.82. The molecule has 2 aromatic carbocycles. The van der Waals surface area contributed by atoms with Crippen LogP contribution in [-0.2, 0) is 11.2 Å². The van der Waals surface area contributed by atoms with Crippen molar-refractivity contribution in [2.24, 2.45) is 0 Å². The summed E-state index contributed by atoms with van der Waals surface area (Å²) in [4.78, 5) is 23.8. The molecule has 0 amide bonds. The molecular weight excluding hydrogens is 308 g/mol. The highest BCUT2D eigenvalue weighted by atomic mass is 16.7. The van der Waals surface area contributed by atoms with Crippen molar-refractivity contribution in [2.75, 3.05) is 7.11 Å². The van der Waals surface area contributed by atoms with Crippen LogP contribution in [0.15, 0.2) is 48.5 Å². The molecule has 0 saturated heterocycles. The first-order chi connectivity index (χ1) is 11.7. The second kappa shape index (κ2) is 8.72. The predicted molar refractivity (Wildman–Crippen MR) is 89.5 cm³/mol. The van der Waals surface area contributed by atoms with E-state index in [0.717, 1.165) is 24.8 Å². The third kappa shape index (κ3) is 4.59. The Morgan fingerprint density at radius 2 is 1.54 bits per heavy atom. The Morgan fingerprint density at radius 1 is 0.917 bits per heavy atom. The molecule has 126 valence electrons. The van der Waals surface area contributed by atoms with Crippen LogP contribution in [0.1, 0.15) is 35.7 Å². The van der Waals surface area contributed by atoms with Gasteiger partial charge in [-0.2, -0.15) is 0 Å². The molecule has 0 unspecified atom stereocenters. The minimum atomic E-state index is -0.893. The fourth-order valence-electron chi connectivity index (χ4n) is 2.21. The lowest BCUT2D eigenvalue weighted by atomic mass is 10.1. The predicted octanol–water partition coefficient (Wildman–Crippen LogP) is 4.39. The summed E-state index contributed by atoms with van der Waals surface area (Å²) in [6.45, 7) is 2.10. The van der Waals surface area contributed by atoms with Gasteiger partial charge in [-0.15, -0.1) is 0 Å². The van der Waals surface area contributed by atoms with E-state index in [4.69, 9.17) is 9.47 Å². The van der Waals surface area contributed by atoms with Crippen LogP contribution >= 0.6 is 0 Å². The van der Waals surface area contributed by atoms with E-state index in [0.29, 0.717) is 5.75 Å². The van der Waals surface area contributed by atoms with Gasteiger partial charge in [0.1, 0.15) is 17.1 Å². The zero-order chi connectivity index (χ0) is 17.4. The van der Waals surface area contributed by atoms with Gasteiger partial charge in [-0.1, -0.05) is 43.7 Å². The third-order valence-electron chi connectivity index (χ3n) is 3.45. The van der Waals surface area contributed by atoms with Crippen molar-refractivity contribution in [1.29, 1.82) is 0 Å². The zero-order valence-electron chi connectivity index (χ0n) is 13.8. The highest BCUT2D eigenvalue weighted by Crippen LogP contribution is 2.23. The van der Waals surface area contributed by atoms with E-state index in [1.54, 1.807) is 24.3 Å². The first kappa shape index (κ1) is 17.5. The molecule has 0 aliphatic carbocycles. The maximum atomic E-state index is 12.1. The Balaban J connectivity index is 2.11. The van der Waals surface area contributed by atoms with Crippen LogP contribution in [-0.4, -0.2) is 19.2 Å². The third-order valence-corrected chi connectivity index (χ3v) is 3.45. The fraction of sp³-hybridized carbons (Fsp3) is 0.263. The number of carbonyl (C=O) groups is 2. The van der Waals surface area contributed by atoms with E-state index < -0.39 is 12.1 Å². The summed E-state index contributed by atoms with van der Waals surface area (Å²) in [5.74, 6) is -0.0198. The maximum Gasteiger partial charge on any atom is 0.519 e. The van der Waals surface area contributed by atoms with Gasteiger partial charge >= 0.3 is 12.1 Å². The number of hydrogen-bond acceptors (Lipinski definition) is 5. The van der Waals surface area contributed by atoms with Crippen LogP contribution in [0.5, 0.6) is 11.5 Å². The van der Waals surface area contributed by atoms with Crippen LogP contribution in [0, 0.1) is 0 Å². The molecule has 0 spiro atoms. The number of unbranched alkanes of at least 4 members (excludes halogenated alkanes) is 1. The summed E-state index contributed by atoms with van der Waals surface area (Å²) in [7, 11) is 1.27. The molecule has 2 aromatic rings. The van der Waals surface area contributed by atoms with Gasteiger partial charge in [0.05, 0.1) is 7.11 Å². The number of aryl methyl sites for hydroxylation is 1. The highest BCUT2D eigenvalue weighted by molar-refractivity contribution is 5.93. The molecule has 0 aliphatic heterocycles. The minimum Gasteiger partial charge on any atom is -0.465 e. The molecule has 0 radical (unpaired) electrons. The highest BCUT2D eigenvalue weighted by Gasteiger charge is 2.17. The van der Waals surface area contributed by atoms with Crippen LogP contribution in [0.2, 0.25) is 0 Å². The molecule has 5 heteroatoms. The first-order valence-corrected chi connectivity index (χ1v) is 7.80. The Labute approximate surface area is 141 Å². The smallest absolute Gasteiger partial charge is 0.465 e. The second-order valence-corrected chi connectivity index (χ2v) is 5.15. The Kier molecular flexibility index (Phi) is 6.37. The van der Waals surface area contributed by atoms with Gasteiger partial charge in [0.15, 0.2) is 0 Å². The molecule has 0 saturated carbocycles. The topological polar surface area (TPSA) is 61.8 Å². The number of ether oxygens (including phenoxy) is 3. The molecule has 0 aromatic heterocycles. The molecule has 0 heterocycles. The van der Waals surface area contributed by atoms with E-state index in [2.05, 4.69) is 11.7 Å². The largest absolute Gasteiger partial charge is 0.519 e. The van der Waals surface area contributed by atoms with Crippen LogP contribution in [0.3, 0.4) is 0 Å². The summed E-state index contributed by atoms with van der Waals surface area (Å²) >= 11 is 0. The van der Waals surface area contributed by atoms with E-state index in [1.807, 2.05) is 12.1 Å². The van der Waals surface area contributed by atoms with Gasteiger partial charge in [-0.05, 0) is 36.6 Å². The normalized spacial score (nSPS) is 10.1. The molecule has 2 rings (SSSR count). The number of hydrogen-bond donors (Lipinski definition) is 0. The quantitative estimate of drug-likeness (QED) is 0.581. The first-order valence-electron chi connectivity index (χ1n) is 7.80. The van der Waals surface area contributed by atoms with E-state index in [9.17, 15) is 9.59 Å². The molecule has 24 heavy (non-hydrogen) atoms. The van der Waals surface area contributed by atoms with Crippen molar-refractivity contribution < 1.29 is 23.8 Å². The summed E-state index contributed by atoms with van der Waals surface area (Å²) < 4.78 is 15.1. The molecule has 0 atom stereocenters. The van der Waals surface area contributed by atoms with Gasteiger partial charge in [0.25, 0.3) is 0 Å². The van der Waals surface area contributed by atoms with Gasteiger partial charge in [-0.25, -0.2) is 9.59 Å². The van der Waals surface area contributed by atoms with E-state index in [-0.39, 0.29) is 11.3 Å². The van der Waals surface area contributed by atoms with Gasteiger partial charge < -0.3 is 14.2 Å².